The van der Waals surface area contributed by atoms with Gasteiger partial charge in [-0.2, -0.15) is 0 Å². The summed E-state index contributed by atoms with van der Waals surface area (Å²) >= 11 is 1.12. The minimum atomic E-state index is -0.512. The second-order valence-corrected chi connectivity index (χ2v) is 6.28. The van der Waals surface area contributed by atoms with Crippen LogP contribution in [0.5, 0.6) is 0 Å². The van der Waals surface area contributed by atoms with Gasteiger partial charge in [0.15, 0.2) is 5.16 Å². The summed E-state index contributed by atoms with van der Waals surface area (Å²) < 4.78 is 1.66. The number of rotatable bonds is 6. The maximum absolute atomic E-state index is 12.4. The first-order valence-corrected chi connectivity index (χ1v) is 7.94. The van der Waals surface area contributed by atoms with E-state index in [0.717, 1.165) is 11.8 Å². The fourth-order valence-electron chi connectivity index (χ4n) is 1.90. The van der Waals surface area contributed by atoms with Crippen molar-refractivity contribution < 1.29 is 9.72 Å². The first-order chi connectivity index (χ1) is 11.3. The zero-order valence-electron chi connectivity index (χ0n) is 13.9. The molecule has 0 aliphatic rings. The maximum atomic E-state index is 12.4. The smallest absolute Gasteiger partial charge is 0.284 e. The van der Waals surface area contributed by atoms with E-state index < -0.39 is 4.92 Å². The summed E-state index contributed by atoms with van der Waals surface area (Å²) in [6.45, 7) is 2.12. The van der Waals surface area contributed by atoms with E-state index in [1.807, 2.05) is 6.92 Å². The molecule has 0 bridgehead atoms. The number of carbonyl (C=O) groups is 1. The number of nitrogens with zero attached hydrogens (tertiary/aromatic N) is 5. The van der Waals surface area contributed by atoms with Crippen molar-refractivity contribution in [3.63, 3.8) is 0 Å². The van der Waals surface area contributed by atoms with Crippen molar-refractivity contribution in [2.75, 3.05) is 13.6 Å². The summed E-state index contributed by atoms with van der Waals surface area (Å²) in [6.07, 6.45) is 1.51. The molecular weight excluding hydrogens is 368 g/mol. The summed E-state index contributed by atoms with van der Waals surface area (Å²) in [6, 6.07) is 4.23. The van der Waals surface area contributed by atoms with E-state index in [1.165, 1.54) is 17.3 Å². The fraction of sp³-hybridized carbons (Fsp3) is 0.357. The summed E-state index contributed by atoms with van der Waals surface area (Å²) in [5.74, 6) is -0.314. The number of hydrogen-bond acceptors (Lipinski definition) is 7. The van der Waals surface area contributed by atoms with Gasteiger partial charge in [-0.3, -0.25) is 14.9 Å². The summed E-state index contributed by atoms with van der Waals surface area (Å²) in [5.41, 5.74) is 5.65. The molecule has 0 aliphatic heterocycles. The predicted molar refractivity (Wildman–Crippen MR) is 96.1 cm³/mol. The Labute approximate surface area is 155 Å². The minimum Gasteiger partial charge on any atom is -0.338 e. The molecule has 1 aromatic carbocycles. The number of benzene rings is 1. The van der Waals surface area contributed by atoms with Gasteiger partial charge in [0, 0.05) is 38.3 Å². The van der Waals surface area contributed by atoms with E-state index in [4.69, 9.17) is 5.73 Å². The third-order valence-corrected chi connectivity index (χ3v) is 4.71. The molecule has 1 aromatic heterocycles. The van der Waals surface area contributed by atoms with Crippen LogP contribution in [0.4, 0.5) is 5.69 Å². The predicted octanol–water partition coefficient (Wildman–Crippen LogP) is 1.72. The van der Waals surface area contributed by atoms with Crippen molar-refractivity contribution in [2.24, 2.45) is 12.8 Å². The highest BCUT2D eigenvalue weighted by Crippen LogP contribution is 2.34. The Kier molecular flexibility index (Phi) is 7.34. The third kappa shape index (κ3) is 4.68. The van der Waals surface area contributed by atoms with E-state index >= 15 is 0 Å². The molecule has 2 rings (SSSR count). The zero-order valence-corrected chi connectivity index (χ0v) is 15.6. The van der Waals surface area contributed by atoms with Gasteiger partial charge in [-0.05, 0) is 30.8 Å². The Morgan fingerprint density at radius 2 is 2.20 bits per heavy atom. The van der Waals surface area contributed by atoms with Crippen molar-refractivity contribution in [3.8, 4) is 0 Å². The fourth-order valence-corrected chi connectivity index (χ4v) is 2.75. The Morgan fingerprint density at radius 3 is 2.72 bits per heavy atom. The quantitative estimate of drug-likeness (QED) is 0.592. The SMILES string of the molecule is CC(CN)N(C)C(=O)c1ccc(Sc2nncn2C)c([N+](=O)[O-])c1.Cl. The molecule has 0 saturated heterocycles. The topological polar surface area (TPSA) is 120 Å². The lowest BCUT2D eigenvalue weighted by molar-refractivity contribution is -0.387. The maximum Gasteiger partial charge on any atom is 0.284 e. The first-order valence-electron chi connectivity index (χ1n) is 7.12. The van der Waals surface area contributed by atoms with Gasteiger partial charge in [-0.25, -0.2) is 0 Å². The Bertz CT molecular complexity index is 769. The molecule has 0 spiro atoms. The molecule has 1 unspecified atom stereocenters. The van der Waals surface area contributed by atoms with E-state index in [0.29, 0.717) is 16.6 Å². The average Bonchev–Trinajstić information content (AvgIpc) is 2.97. The molecule has 9 nitrogen and oxygen atoms in total. The molecule has 2 N–H and O–H groups in total. The number of nitro groups is 1. The number of halogens is 1. The van der Waals surface area contributed by atoms with Gasteiger partial charge >= 0.3 is 0 Å². The highest BCUT2D eigenvalue weighted by molar-refractivity contribution is 7.99. The molecule has 25 heavy (non-hydrogen) atoms. The van der Waals surface area contributed by atoms with Gasteiger partial charge in [-0.15, -0.1) is 22.6 Å². The number of aromatic nitrogens is 3. The number of nitro benzene ring substituents is 1. The lowest BCUT2D eigenvalue weighted by Gasteiger charge is -2.23. The summed E-state index contributed by atoms with van der Waals surface area (Å²) in [7, 11) is 3.36. The van der Waals surface area contributed by atoms with Gasteiger partial charge < -0.3 is 15.2 Å². The van der Waals surface area contributed by atoms with Crippen LogP contribution in [0.3, 0.4) is 0 Å². The van der Waals surface area contributed by atoms with Crippen molar-refractivity contribution in [2.45, 2.75) is 23.0 Å². The second-order valence-electron chi connectivity index (χ2n) is 5.27. The van der Waals surface area contributed by atoms with Crippen LogP contribution in [0.2, 0.25) is 0 Å². The number of amides is 1. The third-order valence-electron chi connectivity index (χ3n) is 3.60. The van der Waals surface area contributed by atoms with Crippen molar-refractivity contribution in [1.29, 1.82) is 0 Å². The van der Waals surface area contributed by atoms with Gasteiger partial charge in [0.25, 0.3) is 11.6 Å². The summed E-state index contributed by atoms with van der Waals surface area (Å²) in [5, 5.41) is 19.5. The van der Waals surface area contributed by atoms with Gasteiger partial charge in [-0.1, -0.05) is 0 Å². The standard InChI is InChI=1S/C14H18N6O3S.ClH/c1-9(7-15)19(3)13(21)10-4-5-12(11(6-10)20(22)23)24-14-17-16-8-18(14)2;/h4-6,8-9H,7,15H2,1-3H3;1H. The van der Waals surface area contributed by atoms with Gasteiger partial charge in [0.1, 0.15) is 6.33 Å². The number of likely N-dealkylation sites (N-methyl/N-ethyl adjacent to an activating group) is 1. The molecule has 0 fully saturated rings. The normalized spacial score (nSPS) is 11.5. The number of aryl methyl sites for hydroxylation is 1. The minimum absolute atomic E-state index is 0. The van der Waals surface area contributed by atoms with Crippen LogP contribution in [0.25, 0.3) is 0 Å². The van der Waals surface area contributed by atoms with Crippen LogP contribution in [0.15, 0.2) is 34.6 Å². The Hall–Kier alpha value is -2.17. The molecule has 0 saturated carbocycles. The van der Waals surface area contributed by atoms with Crippen LogP contribution in [0, 0.1) is 10.1 Å². The van der Waals surface area contributed by atoms with E-state index in [2.05, 4.69) is 10.2 Å². The van der Waals surface area contributed by atoms with Crippen LogP contribution >= 0.6 is 24.2 Å². The van der Waals surface area contributed by atoms with Crippen LogP contribution < -0.4 is 5.73 Å². The van der Waals surface area contributed by atoms with Crippen molar-refractivity contribution >= 4 is 35.8 Å². The molecule has 2 aromatic rings. The Balaban J connectivity index is 0.00000312. The Morgan fingerprint density at radius 1 is 1.52 bits per heavy atom. The molecule has 0 aliphatic carbocycles. The number of carbonyl (C=O) groups excluding carboxylic acids is 1. The molecule has 1 heterocycles. The van der Waals surface area contributed by atoms with Crippen molar-refractivity contribution in [1.82, 2.24) is 19.7 Å². The zero-order chi connectivity index (χ0) is 17.9. The molecule has 1 amide bonds. The highest BCUT2D eigenvalue weighted by Gasteiger charge is 2.22. The molecule has 136 valence electrons. The summed E-state index contributed by atoms with van der Waals surface area (Å²) in [4.78, 5) is 25.1. The van der Waals surface area contributed by atoms with Crippen molar-refractivity contribution in [3.05, 3.63) is 40.2 Å². The molecule has 11 heteroatoms. The van der Waals surface area contributed by atoms with Crippen LogP contribution in [0.1, 0.15) is 17.3 Å². The largest absolute Gasteiger partial charge is 0.338 e. The average molecular weight is 387 g/mol. The highest BCUT2D eigenvalue weighted by atomic mass is 35.5. The lowest BCUT2D eigenvalue weighted by atomic mass is 10.1. The molecule has 0 radical (unpaired) electrons. The van der Waals surface area contributed by atoms with Gasteiger partial charge in [0.05, 0.1) is 9.82 Å². The van der Waals surface area contributed by atoms with E-state index in [9.17, 15) is 14.9 Å². The number of hydrogen-bond donors (Lipinski definition) is 1. The van der Waals surface area contributed by atoms with Gasteiger partial charge in [0.2, 0.25) is 0 Å². The molecule has 1 atom stereocenters. The monoisotopic (exact) mass is 386 g/mol. The van der Waals surface area contributed by atoms with E-state index in [-0.39, 0.29) is 35.6 Å². The second kappa shape index (κ2) is 8.79. The van der Waals surface area contributed by atoms with E-state index in [1.54, 1.807) is 30.8 Å². The number of nitrogens with two attached hydrogens (primary N) is 1. The lowest BCUT2D eigenvalue weighted by Crippen LogP contribution is -2.39. The molecular formula is C14H19ClN6O3S. The first kappa shape index (κ1) is 20.9. The van der Waals surface area contributed by atoms with Crippen LogP contribution in [-0.4, -0.2) is 50.1 Å². The van der Waals surface area contributed by atoms with Crippen LogP contribution in [-0.2, 0) is 7.05 Å².